The second kappa shape index (κ2) is 10.6. The predicted molar refractivity (Wildman–Crippen MR) is 117 cm³/mol. The number of aryl methyl sites for hydroxylation is 1. The highest BCUT2D eigenvalue weighted by Crippen LogP contribution is 2.23. The molecule has 2 heterocycles. The molecule has 1 atom stereocenters. The molecule has 1 aromatic carbocycles. The molecule has 3 aromatic rings. The Morgan fingerprint density at radius 1 is 1.21 bits per heavy atom. The van der Waals surface area contributed by atoms with Crippen molar-refractivity contribution in [3.63, 3.8) is 0 Å². The lowest BCUT2D eigenvalue weighted by Gasteiger charge is -2.14. The zero-order chi connectivity index (χ0) is 20.5. The molecule has 1 amide bonds. The molecule has 2 aromatic heterocycles. The minimum atomic E-state index is -0.00539. The maximum absolute atomic E-state index is 12.4. The van der Waals surface area contributed by atoms with E-state index in [9.17, 15) is 4.79 Å². The van der Waals surface area contributed by atoms with Crippen molar-refractivity contribution in [1.82, 2.24) is 25.1 Å². The highest BCUT2D eigenvalue weighted by molar-refractivity contribution is 7.99. The number of carbonyl (C=O) groups is 1. The summed E-state index contributed by atoms with van der Waals surface area (Å²) < 4.78 is 1.96. The number of amides is 1. The van der Waals surface area contributed by atoms with Crippen molar-refractivity contribution < 1.29 is 4.79 Å². The van der Waals surface area contributed by atoms with Crippen LogP contribution in [0.1, 0.15) is 18.9 Å². The number of pyridine rings is 1. The molecule has 6 nitrogen and oxygen atoms in total. The lowest BCUT2D eigenvalue weighted by Crippen LogP contribution is -2.34. The molecule has 0 saturated heterocycles. The molecule has 1 N–H and O–H groups in total. The van der Waals surface area contributed by atoms with Crippen molar-refractivity contribution >= 4 is 17.7 Å². The summed E-state index contributed by atoms with van der Waals surface area (Å²) in [5, 5.41) is 12.3. The SMILES string of the molecule is C=CCn1c(SCC(=O)N[C@H](C)CCc2ccccc2)nnc1-c1ccncc1. The van der Waals surface area contributed by atoms with E-state index in [1.165, 1.54) is 17.3 Å². The van der Waals surface area contributed by atoms with Crippen LogP contribution in [0.5, 0.6) is 0 Å². The lowest BCUT2D eigenvalue weighted by atomic mass is 10.1. The van der Waals surface area contributed by atoms with Gasteiger partial charge in [0.05, 0.1) is 5.75 Å². The Hall–Kier alpha value is -2.93. The van der Waals surface area contributed by atoms with Crippen molar-refractivity contribution in [2.45, 2.75) is 37.5 Å². The van der Waals surface area contributed by atoms with Gasteiger partial charge in [-0.1, -0.05) is 48.2 Å². The van der Waals surface area contributed by atoms with E-state index in [4.69, 9.17) is 0 Å². The zero-order valence-corrected chi connectivity index (χ0v) is 17.3. The molecule has 0 spiro atoms. The summed E-state index contributed by atoms with van der Waals surface area (Å²) >= 11 is 1.38. The quantitative estimate of drug-likeness (QED) is 0.409. The number of allylic oxidation sites excluding steroid dienone is 1. The molecule has 7 heteroatoms. The van der Waals surface area contributed by atoms with Gasteiger partial charge in [-0.25, -0.2) is 0 Å². The molecule has 0 saturated carbocycles. The first-order chi connectivity index (χ1) is 14.2. The monoisotopic (exact) mass is 407 g/mol. The van der Waals surface area contributed by atoms with Gasteiger partial charge in [-0.2, -0.15) is 0 Å². The third-order valence-electron chi connectivity index (χ3n) is 4.42. The number of hydrogen-bond donors (Lipinski definition) is 1. The number of aromatic nitrogens is 4. The molecule has 0 radical (unpaired) electrons. The smallest absolute Gasteiger partial charge is 0.230 e. The first kappa shape index (κ1) is 20.8. The molecule has 29 heavy (non-hydrogen) atoms. The summed E-state index contributed by atoms with van der Waals surface area (Å²) in [5.74, 6) is 1.03. The lowest BCUT2D eigenvalue weighted by molar-refractivity contribution is -0.119. The summed E-state index contributed by atoms with van der Waals surface area (Å²) in [6, 6.07) is 14.2. The molecule has 0 fully saturated rings. The van der Waals surface area contributed by atoms with Crippen molar-refractivity contribution in [2.75, 3.05) is 5.75 Å². The summed E-state index contributed by atoms with van der Waals surface area (Å²) in [4.78, 5) is 16.4. The van der Waals surface area contributed by atoms with Crippen LogP contribution in [0.4, 0.5) is 0 Å². The number of carbonyl (C=O) groups excluding carboxylic acids is 1. The molecule has 0 unspecified atom stereocenters. The highest BCUT2D eigenvalue weighted by Gasteiger charge is 2.15. The fourth-order valence-corrected chi connectivity index (χ4v) is 3.71. The van der Waals surface area contributed by atoms with Gasteiger partial charge in [-0.3, -0.25) is 14.3 Å². The van der Waals surface area contributed by atoms with Crippen LogP contribution in [0.15, 0.2) is 72.7 Å². The normalized spacial score (nSPS) is 11.8. The number of hydrogen-bond acceptors (Lipinski definition) is 5. The fourth-order valence-electron chi connectivity index (χ4n) is 2.95. The Morgan fingerprint density at radius 3 is 2.69 bits per heavy atom. The van der Waals surface area contributed by atoms with Crippen LogP contribution in [-0.4, -0.2) is 37.5 Å². The molecular weight excluding hydrogens is 382 g/mol. The topological polar surface area (TPSA) is 72.7 Å². The van der Waals surface area contributed by atoms with Gasteiger partial charge in [0.15, 0.2) is 11.0 Å². The minimum Gasteiger partial charge on any atom is -0.353 e. The van der Waals surface area contributed by atoms with Gasteiger partial charge in [0, 0.05) is 30.5 Å². The summed E-state index contributed by atoms with van der Waals surface area (Å²) in [5.41, 5.74) is 2.21. The molecule has 150 valence electrons. The Morgan fingerprint density at radius 2 is 1.97 bits per heavy atom. The van der Waals surface area contributed by atoms with Crippen molar-refractivity contribution in [1.29, 1.82) is 0 Å². The summed E-state index contributed by atoms with van der Waals surface area (Å²) in [7, 11) is 0. The average Bonchev–Trinajstić information content (AvgIpc) is 3.15. The third kappa shape index (κ3) is 6.02. The second-order valence-corrected chi connectivity index (χ2v) is 7.67. The second-order valence-electron chi connectivity index (χ2n) is 6.72. The van der Waals surface area contributed by atoms with Gasteiger partial charge in [0.25, 0.3) is 0 Å². The van der Waals surface area contributed by atoms with Crippen LogP contribution in [-0.2, 0) is 17.8 Å². The largest absolute Gasteiger partial charge is 0.353 e. The van der Waals surface area contributed by atoms with E-state index in [1.807, 2.05) is 41.8 Å². The molecule has 0 aliphatic heterocycles. The van der Waals surface area contributed by atoms with E-state index in [0.29, 0.717) is 17.5 Å². The summed E-state index contributed by atoms with van der Waals surface area (Å²) in [6.07, 6.45) is 7.08. The molecule has 0 aliphatic carbocycles. The number of rotatable bonds is 10. The fraction of sp³-hybridized carbons (Fsp3) is 0.273. The average molecular weight is 408 g/mol. The van der Waals surface area contributed by atoms with Crippen LogP contribution in [0, 0.1) is 0 Å². The van der Waals surface area contributed by atoms with E-state index < -0.39 is 0 Å². The van der Waals surface area contributed by atoms with E-state index in [2.05, 4.69) is 39.2 Å². The molecular formula is C22H25N5OS. The van der Waals surface area contributed by atoms with Crippen LogP contribution in [0.3, 0.4) is 0 Å². The minimum absolute atomic E-state index is 0.00539. The van der Waals surface area contributed by atoms with E-state index in [1.54, 1.807) is 18.5 Å². The predicted octanol–water partition coefficient (Wildman–Crippen LogP) is 3.76. The van der Waals surface area contributed by atoms with E-state index in [-0.39, 0.29) is 11.9 Å². The van der Waals surface area contributed by atoms with Crippen molar-refractivity contribution in [3.05, 3.63) is 73.1 Å². The van der Waals surface area contributed by atoms with Gasteiger partial charge >= 0.3 is 0 Å². The Balaban J connectivity index is 1.54. The van der Waals surface area contributed by atoms with Gasteiger partial charge in [0.1, 0.15) is 0 Å². The van der Waals surface area contributed by atoms with Gasteiger partial charge in [-0.05, 0) is 37.5 Å². The van der Waals surface area contributed by atoms with Gasteiger partial charge in [-0.15, -0.1) is 16.8 Å². The van der Waals surface area contributed by atoms with Crippen LogP contribution >= 0.6 is 11.8 Å². The number of thioether (sulfide) groups is 1. The van der Waals surface area contributed by atoms with E-state index >= 15 is 0 Å². The molecule has 3 rings (SSSR count). The first-order valence-corrected chi connectivity index (χ1v) is 10.6. The van der Waals surface area contributed by atoms with Gasteiger partial charge < -0.3 is 5.32 Å². The molecule has 0 bridgehead atoms. The zero-order valence-electron chi connectivity index (χ0n) is 16.5. The van der Waals surface area contributed by atoms with Crippen molar-refractivity contribution in [2.24, 2.45) is 0 Å². The number of nitrogens with zero attached hydrogens (tertiary/aromatic N) is 4. The maximum atomic E-state index is 12.4. The highest BCUT2D eigenvalue weighted by atomic mass is 32.2. The number of benzene rings is 1. The van der Waals surface area contributed by atoms with Crippen LogP contribution in [0.25, 0.3) is 11.4 Å². The van der Waals surface area contributed by atoms with Gasteiger partial charge in [0.2, 0.25) is 5.91 Å². The number of nitrogens with one attached hydrogen (secondary N) is 1. The molecule has 0 aliphatic rings. The Labute approximate surface area is 175 Å². The Kier molecular flexibility index (Phi) is 7.58. The third-order valence-corrected chi connectivity index (χ3v) is 5.38. The first-order valence-electron chi connectivity index (χ1n) is 9.58. The standard InChI is InChI=1S/C22H25N5OS/c1-3-15-27-21(19-11-13-23-14-12-19)25-26-22(27)29-16-20(28)24-17(2)9-10-18-7-5-4-6-8-18/h3-8,11-14,17H,1,9-10,15-16H2,2H3,(H,24,28)/t17-/m1/s1. The van der Waals surface area contributed by atoms with Crippen molar-refractivity contribution in [3.8, 4) is 11.4 Å². The Bertz CT molecular complexity index is 927. The van der Waals surface area contributed by atoms with E-state index in [0.717, 1.165) is 24.2 Å². The van der Waals surface area contributed by atoms with Crippen LogP contribution < -0.4 is 5.32 Å². The maximum Gasteiger partial charge on any atom is 0.230 e. The van der Waals surface area contributed by atoms with Crippen LogP contribution in [0.2, 0.25) is 0 Å². The summed E-state index contributed by atoms with van der Waals surface area (Å²) in [6.45, 7) is 6.42.